The zero-order valence-electron chi connectivity index (χ0n) is 10.00. The molecule has 0 nitrogen and oxygen atoms in total. The van der Waals surface area contributed by atoms with Crippen LogP contribution in [0, 0.1) is 0 Å². The third-order valence-electron chi connectivity index (χ3n) is 3.75. The Labute approximate surface area is 110 Å². The van der Waals surface area contributed by atoms with E-state index in [1.165, 1.54) is 19.3 Å². The Morgan fingerprint density at radius 1 is 0.588 bits per heavy atom. The van der Waals surface area contributed by atoms with E-state index in [4.69, 9.17) is 39.2 Å². The molecule has 0 aliphatic heterocycles. The SMILES string of the molecule is [B]c1c([B])c([B])c(C2CCCCC2)c([B])c1[B]. The Balaban J connectivity index is 2.52. The summed E-state index contributed by atoms with van der Waals surface area (Å²) in [5.41, 5.74) is 2.99. The van der Waals surface area contributed by atoms with Gasteiger partial charge in [-0.3, -0.25) is 0 Å². The minimum absolute atomic E-state index is 0.305. The van der Waals surface area contributed by atoms with Gasteiger partial charge in [-0.25, -0.2) is 0 Å². The fourth-order valence-electron chi connectivity index (χ4n) is 2.70. The Kier molecular flexibility index (Phi) is 3.85. The predicted octanol–water partition coefficient (Wildman–Crippen LogP) is -2.30. The van der Waals surface area contributed by atoms with Crippen molar-refractivity contribution in [1.82, 2.24) is 0 Å². The van der Waals surface area contributed by atoms with Gasteiger partial charge in [-0.05, 0) is 18.8 Å². The van der Waals surface area contributed by atoms with Crippen molar-refractivity contribution >= 4 is 66.5 Å². The zero-order chi connectivity index (χ0) is 12.6. The van der Waals surface area contributed by atoms with Crippen LogP contribution >= 0.6 is 0 Å². The average molecular weight is 209 g/mol. The lowest BCUT2D eigenvalue weighted by molar-refractivity contribution is 0.446. The summed E-state index contributed by atoms with van der Waals surface area (Å²) in [5.74, 6) is 0.369. The predicted molar refractivity (Wildman–Crippen MR) is 79.2 cm³/mol. The second-order valence-electron chi connectivity index (χ2n) is 4.82. The molecule has 0 atom stereocenters. The lowest BCUT2D eigenvalue weighted by atomic mass is 9.58. The monoisotopic (exact) mass is 210 g/mol. The first-order valence-corrected chi connectivity index (χ1v) is 6.05. The van der Waals surface area contributed by atoms with Crippen molar-refractivity contribution in [1.29, 1.82) is 0 Å². The van der Waals surface area contributed by atoms with Crippen LogP contribution in [0.3, 0.4) is 0 Å². The normalized spacial score (nSPS) is 17.2. The lowest BCUT2D eigenvalue weighted by Gasteiger charge is -2.29. The van der Waals surface area contributed by atoms with E-state index in [0.29, 0.717) is 33.2 Å². The molecule has 1 aromatic carbocycles. The fourth-order valence-corrected chi connectivity index (χ4v) is 2.70. The van der Waals surface area contributed by atoms with Crippen molar-refractivity contribution in [3.8, 4) is 0 Å². The molecule has 0 heterocycles. The number of rotatable bonds is 1. The second-order valence-corrected chi connectivity index (χ2v) is 4.82. The quantitative estimate of drug-likeness (QED) is 0.457. The van der Waals surface area contributed by atoms with Gasteiger partial charge >= 0.3 is 0 Å². The van der Waals surface area contributed by atoms with Crippen molar-refractivity contribution in [2.24, 2.45) is 0 Å². The Morgan fingerprint density at radius 3 is 1.47 bits per heavy atom. The van der Waals surface area contributed by atoms with E-state index in [1.807, 2.05) is 0 Å². The third-order valence-corrected chi connectivity index (χ3v) is 3.75. The first kappa shape index (κ1) is 13.0. The molecule has 1 aliphatic carbocycles. The highest BCUT2D eigenvalue weighted by Crippen LogP contribution is 2.30. The minimum Gasteiger partial charge on any atom is -0.112 e. The maximum Gasteiger partial charge on any atom is 0.113 e. The molecule has 74 valence electrons. The summed E-state index contributed by atoms with van der Waals surface area (Å²) < 4.78 is 0. The molecule has 1 aromatic rings. The molecule has 2 rings (SSSR count). The number of hydrogen-bond acceptors (Lipinski definition) is 0. The second kappa shape index (κ2) is 5.04. The van der Waals surface area contributed by atoms with E-state index < -0.39 is 0 Å². The molecular weight excluding hydrogens is 198 g/mol. The van der Waals surface area contributed by atoms with E-state index in [1.54, 1.807) is 0 Å². The molecule has 0 aromatic heterocycles. The van der Waals surface area contributed by atoms with E-state index in [-0.39, 0.29) is 0 Å². The molecule has 5 heteroatoms. The van der Waals surface area contributed by atoms with Gasteiger partial charge < -0.3 is 0 Å². The molecule has 10 radical (unpaired) electrons. The molecule has 0 unspecified atom stereocenters. The van der Waals surface area contributed by atoms with Gasteiger partial charge in [-0.15, -0.1) is 27.3 Å². The smallest absolute Gasteiger partial charge is 0.112 e. The average Bonchev–Trinajstić information content (AvgIpc) is 2.36. The van der Waals surface area contributed by atoms with E-state index in [9.17, 15) is 0 Å². The van der Waals surface area contributed by atoms with Gasteiger partial charge in [-0.1, -0.05) is 24.8 Å². The van der Waals surface area contributed by atoms with Gasteiger partial charge in [0, 0.05) is 0 Å². The van der Waals surface area contributed by atoms with Gasteiger partial charge in [-0.2, -0.15) is 0 Å². The zero-order valence-corrected chi connectivity index (χ0v) is 10.00. The van der Waals surface area contributed by atoms with Gasteiger partial charge in [0.15, 0.2) is 0 Å². The molecule has 1 aliphatic rings. The van der Waals surface area contributed by atoms with Crippen molar-refractivity contribution in [3.05, 3.63) is 5.56 Å². The topological polar surface area (TPSA) is 0 Å². The molecule has 0 bridgehead atoms. The summed E-state index contributed by atoms with van der Waals surface area (Å²) >= 11 is 0. The molecule has 0 spiro atoms. The summed E-state index contributed by atoms with van der Waals surface area (Å²) in [6.07, 6.45) is 5.87. The highest BCUT2D eigenvalue weighted by Gasteiger charge is 2.20. The summed E-state index contributed by atoms with van der Waals surface area (Å²) in [7, 11) is 29.6. The summed E-state index contributed by atoms with van der Waals surface area (Å²) in [6.45, 7) is 0. The largest absolute Gasteiger partial charge is 0.113 e. The van der Waals surface area contributed by atoms with E-state index >= 15 is 0 Å². The maximum atomic E-state index is 6.04. The minimum atomic E-state index is 0.305. The van der Waals surface area contributed by atoms with Crippen LogP contribution in [-0.4, -0.2) is 39.2 Å². The summed E-state index contributed by atoms with van der Waals surface area (Å²) in [5, 5.41) is 0. The van der Waals surface area contributed by atoms with Crippen molar-refractivity contribution in [3.63, 3.8) is 0 Å². The van der Waals surface area contributed by atoms with Crippen LogP contribution in [0.5, 0.6) is 0 Å². The first-order valence-electron chi connectivity index (χ1n) is 6.05. The standard InChI is InChI=1S/C12H11B5/c13-8-7(6-4-2-1-3-5-6)9(14)11(16)12(17)10(8)15/h6H,1-5H2. The third kappa shape index (κ3) is 2.26. The Morgan fingerprint density at radius 2 is 1.00 bits per heavy atom. The summed E-state index contributed by atoms with van der Waals surface area (Å²) in [6, 6.07) is 0. The van der Waals surface area contributed by atoms with Gasteiger partial charge in [0.1, 0.15) is 39.2 Å². The lowest BCUT2D eigenvalue weighted by Crippen LogP contribution is -2.56. The van der Waals surface area contributed by atoms with Gasteiger partial charge in [0.25, 0.3) is 0 Å². The molecule has 17 heavy (non-hydrogen) atoms. The van der Waals surface area contributed by atoms with Crippen LogP contribution in [0.15, 0.2) is 0 Å². The molecular formula is C12H11B5. The van der Waals surface area contributed by atoms with E-state index in [2.05, 4.69) is 0 Å². The van der Waals surface area contributed by atoms with Gasteiger partial charge in [0.05, 0.1) is 0 Å². The fraction of sp³-hybridized carbons (Fsp3) is 0.500. The van der Waals surface area contributed by atoms with Crippen LogP contribution in [0.25, 0.3) is 0 Å². The molecule has 0 saturated heterocycles. The van der Waals surface area contributed by atoms with E-state index in [0.717, 1.165) is 18.4 Å². The van der Waals surface area contributed by atoms with Crippen LogP contribution in [0.2, 0.25) is 0 Å². The van der Waals surface area contributed by atoms with Crippen molar-refractivity contribution in [2.45, 2.75) is 38.0 Å². The van der Waals surface area contributed by atoms with Crippen LogP contribution < -0.4 is 27.3 Å². The molecule has 1 fully saturated rings. The van der Waals surface area contributed by atoms with Crippen LogP contribution in [-0.2, 0) is 0 Å². The Hall–Kier alpha value is -0.455. The summed E-state index contributed by atoms with van der Waals surface area (Å²) in [4.78, 5) is 0. The van der Waals surface area contributed by atoms with Crippen molar-refractivity contribution in [2.75, 3.05) is 0 Å². The highest BCUT2D eigenvalue weighted by atomic mass is 14.2. The van der Waals surface area contributed by atoms with Crippen molar-refractivity contribution < 1.29 is 0 Å². The van der Waals surface area contributed by atoms with Crippen LogP contribution in [0.1, 0.15) is 43.6 Å². The van der Waals surface area contributed by atoms with Crippen LogP contribution in [0.4, 0.5) is 0 Å². The number of hydrogen-bond donors (Lipinski definition) is 0. The maximum absolute atomic E-state index is 6.04. The first-order chi connectivity index (χ1) is 8.04. The van der Waals surface area contributed by atoms with Gasteiger partial charge in [0.2, 0.25) is 0 Å². The highest BCUT2D eigenvalue weighted by molar-refractivity contribution is 6.67. The Bertz CT molecular complexity index is 406. The molecule has 0 N–H and O–H groups in total. The molecule has 1 saturated carbocycles. The molecule has 0 amide bonds. The number of benzene rings is 1.